The quantitative estimate of drug-likeness (QED) is 0.732. The number of rotatable bonds is 6. The van der Waals surface area contributed by atoms with Crippen molar-refractivity contribution in [2.75, 3.05) is 14.2 Å². The van der Waals surface area contributed by atoms with Gasteiger partial charge in [0.15, 0.2) is 6.29 Å². The van der Waals surface area contributed by atoms with Crippen LogP contribution >= 0.6 is 15.9 Å². The summed E-state index contributed by atoms with van der Waals surface area (Å²) in [7, 11) is 2.83. The van der Waals surface area contributed by atoms with Gasteiger partial charge in [-0.05, 0) is 24.1 Å². The highest BCUT2D eigenvalue weighted by Crippen LogP contribution is 2.26. The SMILES string of the molecule is COc1nc(OCc2cccc(Br)c2C)nc(OC)c1C=O. The van der Waals surface area contributed by atoms with Gasteiger partial charge in [0.25, 0.3) is 0 Å². The van der Waals surface area contributed by atoms with Crippen LogP contribution in [-0.4, -0.2) is 30.5 Å². The molecule has 2 aromatic rings. The second-order valence-electron chi connectivity index (χ2n) is 4.37. The zero-order valence-electron chi connectivity index (χ0n) is 12.4. The summed E-state index contributed by atoms with van der Waals surface area (Å²) in [5, 5.41) is 0. The molecular formula is C15H15BrN2O4. The standard InChI is InChI=1S/C15H15BrN2O4/c1-9-10(5-4-6-12(9)16)8-22-15-17-13(20-2)11(7-19)14(18-15)21-3/h4-7H,8H2,1-3H3. The largest absolute Gasteiger partial charge is 0.480 e. The number of halogens is 1. The number of nitrogens with zero attached hydrogens (tertiary/aromatic N) is 2. The molecular weight excluding hydrogens is 352 g/mol. The third-order valence-electron chi connectivity index (χ3n) is 3.10. The van der Waals surface area contributed by atoms with E-state index in [0.29, 0.717) is 6.29 Å². The van der Waals surface area contributed by atoms with E-state index in [1.807, 2.05) is 25.1 Å². The lowest BCUT2D eigenvalue weighted by Crippen LogP contribution is -2.06. The fraction of sp³-hybridized carbons (Fsp3) is 0.267. The van der Waals surface area contributed by atoms with Crippen LogP contribution in [0.1, 0.15) is 21.5 Å². The van der Waals surface area contributed by atoms with Gasteiger partial charge in [-0.15, -0.1) is 0 Å². The van der Waals surface area contributed by atoms with Gasteiger partial charge in [0, 0.05) is 4.47 Å². The molecule has 116 valence electrons. The van der Waals surface area contributed by atoms with Crippen LogP contribution in [0, 0.1) is 6.92 Å². The third kappa shape index (κ3) is 3.36. The Balaban J connectivity index is 2.26. The summed E-state index contributed by atoms with van der Waals surface area (Å²) in [5.74, 6) is 0.227. The number of carbonyl (C=O) groups is 1. The van der Waals surface area contributed by atoms with Crippen LogP contribution in [-0.2, 0) is 6.61 Å². The Kier molecular flexibility index (Phi) is 5.32. The van der Waals surface area contributed by atoms with Crippen LogP contribution in [0.4, 0.5) is 0 Å². The number of hydrogen-bond donors (Lipinski definition) is 0. The van der Waals surface area contributed by atoms with Crippen LogP contribution < -0.4 is 14.2 Å². The van der Waals surface area contributed by atoms with Gasteiger partial charge in [0.05, 0.1) is 14.2 Å². The molecule has 0 spiro atoms. The molecule has 0 fully saturated rings. The molecule has 0 amide bonds. The molecule has 0 aliphatic heterocycles. The Morgan fingerprint density at radius 3 is 2.36 bits per heavy atom. The molecule has 0 aliphatic rings. The lowest BCUT2D eigenvalue weighted by molar-refractivity contribution is 0.111. The summed E-state index contributed by atoms with van der Waals surface area (Å²) in [6, 6.07) is 5.92. The number of aromatic nitrogens is 2. The maximum Gasteiger partial charge on any atom is 0.323 e. The molecule has 0 saturated carbocycles. The van der Waals surface area contributed by atoms with Crippen molar-refractivity contribution in [3.05, 3.63) is 39.4 Å². The van der Waals surface area contributed by atoms with Crippen molar-refractivity contribution in [1.82, 2.24) is 9.97 Å². The maximum absolute atomic E-state index is 11.1. The van der Waals surface area contributed by atoms with Gasteiger partial charge in [-0.25, -0.2) is 0 Å². The first kappa shape index (κ1) is 16.2. The first-order valence-corrected chi connectivity index (χ1v) is 7.22. The number of carbonyl (C=O) groups excluding carboxylic acids is 1. The predicted molar refractivity (Wildman–Crippen MR) is 83.7 cm³/mol. The fourth-order valence-corrected chi connectivity index (χ4v) is 2.25. The Morgan fingerprint density at radius 2 is 1.82 bits per heavy atom. The van der Waals surface area contributed by atoms with E-state index in [4.69, 9.17) is 14.2 Å². The molecule has 0 aliphatic carbocycles. The highest BCUT2D eigenvalue weighted by molar-refractivity contribution is 9.10. The second-order valence-corrected chi connectivity index (χ2v) is 5.22. The molecule has 1 aromatic carbocycles. The molecule has 0 unspecified atom stereocenters. The number of aldehydes is 1. The van der Waals surface area contributed by atoms with Gasteiger partial charge in [-0.3, -0.25) is 4.79 Å². The first-order chi connectivity index (χ1) is 10.6. The molecule has 7 heteroatoms. The van der Waals surface area contributed by atoms with Gasteiger partial charge in [-0.2, -0.15) is 9.97 Å². The lowest BCUT2D eigenvalue weighted by Gasteiger charge is -2.11. The zero-order valence-corrected chi connectivity index (χ0v) is 14.0. The summed E-state index contributed by atoms with van der Waals surface area (Å²) in [4.78, 5) is 19.2. The summed E-state index contributed by atoms with van der Waals surface area (Å²) < 4.78 is 16.7. The molecule has 0 atom stereocenters. The normalized spacial score (nSPS) is 10.2. The van der Waals surface area contributed by atoms with Gasteiger partial charge >= 0.3 is 6.01 Å². The fourth-order valence-electron chi connectivity index (χ4n) is 1.84. The third-order valence-corrected chi connectivity index (χ3v) is 3.96. The molecule has 22 heavy (non-hydrogen) atoms. The van der Waals surface area contributed by atoms with Crippen LogP contribution in [0.3, 0.4) is 0 Å². The topological polar surface area (TPSA) is 70.5 Å². The monoisotopic (exact) mass is 366 g/mol. The van der Waals surface area contributed by atoms with Crippen LogP contribution in [0.2, 0.25) is 0 Å². The maximum atomic E-state index is 11.1. The molecule has 0 saturated heterocycles. The minimum Gasteiger partial charge on any atom is -0.480 e. The average molecular weight is 367 g/mol. The van der Waals surface area contributed by atoms with Gasteiger partial charge in [0.1, 0.15) is 12.2 Å². The summed E-state index contributed by atoms with van der Waals surface area (Å²) >= 11 is 3.47. The van der Waals surface area contributed by atoms with E-state index >= 15 is 0 Å². The van der Waals surface area contributed by atoms with Gasteiger partial charge in [0.2, 0.25) is 11.8 Å². The van der Waals surface area contributed by atoms with E-state index in [2.05, 4.69) is 25.9 Å². The van der Waals surface area contributed by atoms with E-state index < -0.39 is 0 Å². The number of ether oxygens (including phenoxy) is 3. The molecule has 0 bridgehead atoms. The predicted octanol–water partition coefficient (Wildman–Crippen LogP) is 2.96. The van der Waals surface area contributed by atoms with Crippen molar-refractivity contribution in [2.45, 2.75) is 13.5 Å². The number of benzene rings is 1. The van der Waals surface area contributed by atoms with E-state index in [1.54, 1.807) is 0 Å². The average Bonchev–Trinajstić information content (AvgIpc) is 2.55. The Labute approximate surface area is 136 Å². The van der Waals surface area contributed by atoms with Gasteiger partial charge < -0.3 is 14.2 Å². The zero-order chi connectivity index (χ0) is 16.1. The highest BCUT2D eigenvalue weighted by Gasteiger charge is 2.16. The Morgan fingerprint density at radius 1 is 1.18 bits per heavy atom. The van der Waals surface area contributed by atoms with Crippen molar-refractivity contribution < 1.29 is 19.0 Å². The molecule has 6 nitrogen and oxygen atoms in total. The van der Waals surface area contributed by atoms with E-state index in [-0.39, 0.29) is 29.9 Å². The highest BCUT2D eigenvalue weighted by atomic mass is 79.9. The first-order valence-electron chi connectivity index (χ1n) is 6.42. The molecule has 1 heterocycles. The molecule has 2 rings (SSSR count). The van der Waals surface area contributed by atoms with Crippen LogP contribution in [0.25, 0.3) is 0 Å². The smallest absolute Gasteiger partial charge is 0.323 e. The van der Waals surface area contributed by atoms with Crippen LogP contribution in [0.15, 0.2) is 22.7 Å². The summed E-state index contributed by atoms with van der Waals surface area (Å²) in [5.41, 5.74) is 2.22. The van der Waals surface area contributed by atoms with E-state index in [1.165, 1.54) is 14.2 Å². The lowest BCUT2D eigenvalue weighted by atomic mass is 10.1. The van der Waals surface area contributed by atoms with Crippen molar-refractivity contribution in [1.29, 1.82) is 0 Å². The van der Waals surface area contributed by atoms with Crippen molar-refractivity contribution >= 4 is 22.2 Å². The van der Waals surface area contributed by atoms with Gasteiger partial charge in [-0.1, -0.05) is 28.1 Å². The van der Waals surface area contributed by atoms with E-state index in [9.17, 15) is 4.79 Å². The number of methoxy groups -OCH3 is 2. The second kappa shape index (κ2) is 7.22. The summed E-state index contributed by atoms with van der Waals surface area (Å²) in [6.45, 7) is 2.28. The minimum absolute atomic E-state index is 0.0821. The molecule has 1 aromatic heterocycles. The summed E-state index contributed by atoms with van der Waals surface area (Å²) in [6.07, 6.45) is 0.583. The molecule has 0 radical (unpaired) electrons. The van der Waals surface area contributed by atoms with Crippen molar-refractivity contribution in [3.8, 4) is 17.8 Å². The van der Waals surface area contributed by atoms with Crippen molar-refractivity contribution in [3.63, 3.8) is 0 Å². The Hall–Kier alpha value is -2.15. The van der Waals surface area contributed by atoms with E-state index in [0.717, 1.165) is 15.6 Å². The van der Waals surface area contributed by atoms with Crippen molar-refractivity contribution in [2.24, 2.45) is 0 Å². The number of hydrogen-bond acceptors (Lipinski definition) is 6. The molecule has 0 N–H and O–H groups in total. The Bertz CT molecular complexity index is 666. The van der Waals surface area contributed by atoms with Crippen LogP contribution in [0.5, 0.6) is 17.8 Å². The minimum atomic E-state index is 0.0821.